The second-order valence-corrected chi connectivity index (χ2v) is 8.08. The van der Waals surface area contributed by atoms with Gasteiger partial charge in [0.05, 0.1) is 17.8 Å². The number of halogens is 1. The largest absolute Gasteiger partial charge is 0.493 e. The van der Waals surface area contributed by atoms with Gasteiger partial charge in [-0.15, -0.1) is 0 Å². The van der Waals surface area contributed by atoms with Crippen LogP contribution in [-0.2, 0) is 9.59 Å². The molecule has 0 saturated carbocycles. The van der Waals surface area contributed by atoms with Gasteiger partial charge in [0.2, 0.25) is 0 Å². The molecule has 0 unspecified atom stereocenters. The zero-order valence-corrected chi connectivity index (χ0v) is 20.3. The van der Waals surface area contributed by atoms with Crippen LogP contribution in [0.25, 0.3) is 6.08 Å². The van der Waals surface area contributed by atoms with Crippen LogP contribution in [-0.4, -0.2) is 25.5 Å². The first-order chi connectivity index (χ1) is 16.8. The minimum Gasteiger partial charge on any atom is -0.493 e. The molecule has 2 amide bonds. The lowest BCUT2D eigenvalue weighted by Crippen LogP contribution is -2.20. The molecule has 0 fully saturated rings. The number of hydrogen-bond donors (Lipinski definition) is 2. The Morgan fingerprint density at radius 2 is 1.77 bits per heavy atom. The van der Waals surface area contributed by atoms with Gasteiger partial charge in [-0.3, -0.25) is 9.59 Å². The molecule has 2 N–H and O–H groups in total. The van der Waals surface area contributed by atoms with Crippen molar-refractivity contribution in [2.24, 2.45) is 0 Å². The Kier molecular flexibility index (Phi) is 8.49. The lowest BCUT2D eigenvalue weighted by atomic mass is 10.1. The number of amides is 2. The van der Waals surface area contributed by atoms with Crippen molar-refractivity contribution in [1.82, 2.24) is 0 Å². The number of methoxy groups -OCH3 is 1. The van der Waals surface area contributed by atoms with Crippen LogP contribution in [0.2, 0.25) is 5.02 Å². The summed E-state index contributed by atoms with van der Waals surface area (Å²) in [5, 5.41) is 15.3. The molecule has 7 nitrogen and oxygen atoms in total. The van der Waals surface area contributed by atoms with Gasteiger partial charge in [0, 0.05) is 5.69 Å². The Morgan fingerprint density at radius 3 is 2.46 bits per heavy atom. The van der Waals surface area contributed by atoms with Crippen LogP contribution in [0.1, 0.15) is 16.7 Å². The smallest absolute Gasteiger partial charge is 0.266 e. The normalized spacial score (nSPS) is 10.8. The highest BCUT2D eigenvalue weighted by Gasteiger charge is 2.13. The zero-order valence-electron chi connectivity index (χ0n) is 19.5. The van der Waals surface area contributed by atoms with Crippen molar-refractivity contribution in [2.45, 2.75) is 13.8 Å². The van der Waals surface area contributed by atoms with E-state index >= 15 is 0 Å². The van der Waals surface area contributed by atoms with E-state index in [1.807, 2.05) is 38.1 Å². The number of rotatable bonds is 8. The molecule has 35 heavy (non-hydrogen) atoms. The van der Waals surface area contributed by atoms with Crippen LogP contribution < -0.4 is 20.1 Å². The third-order valence-corrected chi connectivity index (χ3v) is 5.33. The van der Waals surface area contributed by atoms with E-state index in [1.54, 1.807) is 42.5 Å². The lowest BCUT2D eigenvalue weighted by Gasteiger charge is -2.13. The first-order valence-corrected chi connectivity index (χ1v) is 11.0. The number of anilines is 2. The van der Waals surface area contributed by atoms with Gasteiger partial charge >= 0.3 is 0 Å². The van der Waals surface area contributed by atoms with Gasteiger partial charge in [-0.05, 0) is 61.4 Å². The number of benzene rings is 3. The van der Waals surface area contributed by atoms with Gasteiger partial charge in [-0.25, -0.2) is 0 Å². The summed E-state index contributed by atoms with van der Waals surface area (Å²) in [6.07, 6.45) is 1.42. The fourth-order valence-electron chi connectivity index (χ4n) is 3.24. The van der Waals surface area contributed by atoms with E-state index in [2.05, 4.69) is 10.6 Å². The van der Waals surface area contributed by atoms with Crippen LogP contribution in [0.4, 0.5) is 11.4 Å². The van der Waals surface area contributed by atoms with E-state index in [0.717, 1.165) is 16.8 Å². The third-order valence-electron chi connectivity index (χ3n) is 5.00. The molecular weight excluding hydrogens is 466 g/mol. The molecule has 0 saturated heterocycles. The van der Waals surface area contributed by atoms with E-state index in [1.165, 1.54) is 13.2 Å². The van der Waals surface area contributed by atoms with E-state index in [9.17, 15) is 14.9 Å². The second-order valence-electron chi connectivity index (χ2n) is 7.67. The molecule has 0 aliphatic carbocycles. The summed E-state index contributed by atoms with van der Waals surface area (Å²) in [7, 11) is 1.46. The molecule has 0 bridgehead atoms. The van der Waals surface area contributed by atoms with Gasteiger partial charge in [-0.1, -0.05) is 47.5 Å². The summed E-state index contributed by atoms with van der Waals surface area (Å²) in [5.41, 5.74) is 3.61. The predicted molar refractivity (Wildman–Crippen MR) is 137 cm³/mol. The Bertz CT molecular complexity index is 1330. The fraction of sp³-hybridized carbons (Fsp3) is 0.148. The molecule has 3 aromatic rings. The molecular formula is C27H24ClN3O4. The van der Waals surface area contributed by atoms with Crippen molar-refractivity contribution in [3.63, 3.8) is 0 Å². The number of hydrogen-bond acceptors (Lipinski definition) is 5. The zero-order chi connectivity index (χ0) is 25.4. The first kappa shape index (κ1) is 25.3. The summed E-state index contributed by atoms with van der Waals surface area (Å²) in [5.74, 6) is -0.213. The van der Waals surface area contributed by atoms with Crippen LogP contribution in [0.5, 0.6) is 11.5 Å². The molecule has 0 radical (unpaired) electrons. The molecule has 0 atom stereocenters. The maximum absolute atomic E-state index is 12.5. The number of para-hydroxylation sites is 1. The van der Waals surface area contributed by atoms with Crippen molar-refractivity contribution in [1.29, 1.82) is 5.26 Å². The number of nitrogens with zero attached hydrogens (tertiary/aromatic N) is 1. The summed E-state index contributed by atoms with van der Waals surface area (Å²) in [6.45, 7) is 3.68. The molecule has 0 aliphatic rings. The van der Waals surface area contributed by atoms with E-state index in [4.69, 9.17) is 21.1 Å². The summed E-state index contributed by atoms with van der Waals surface area (Å²) in [6, 6.07) is 19.3. The van der Waals surface area contributed by atoms with Crippen LogP contribution in [0.15, 0.2) is 66.2 Å². The Labute approximate surface area is 208 Å². The Morgan fingerprint density at radius 1 is 1.00 bits per heavy atom. The SMILES string of the molecule is COc1cc(/C=C(\C#N)C(=O)Nc2ccccc2Cl)ccc1OCC(=O)Nc1ccc(C)cc1C. The molecule has 0 heterocycles. The highest BCUT2D eigenvalue weighted by Crippen LogP contribution is 2.29. The van der Waals surface area contributed by atoms with Crippen LogP contribution in [0, 0.1) is 25.2 Å². The topological polar surface area (TPSA) is 100 Å². The molecule has 0 spiro atoms. The first-order valence-electron chi connectivity index (χ1n) is 10.7. The minimum absolute atomic E-state index is 0.117. The van der Waals surface area contributed by atoms with Gasteiger partial charge in [-0.2, -0.15) is 5.26 Å². The molecule has 178 valence electrons. The van der Waals surface area contributed by atoms with Crippen molar-refractivity contribution in [3.05, 3.63) is 87.9 Å². The average molecular weight is 490 g/mol. The maximum Gasteiger partial charge on any atom is 0.266 e. The third kappa shape index (κ3) is 6.85. The summed E-state index contributed by atoms with van der Waals surface area (Å²) >= 11 is 6.07. The van der Waals surface area contributed by atoms with Gasteiger partial charge < -0.3 is 20.1 Å². The Balaban J connectivity index is 1.69. The van der Waals surface area contributed by atoms with Gasteiger partial charge in [0.15, 0.2) is 18.1 Å². The van der Waals surface area contributed by atoms with Crippen LogP contribution >= 0.6 is 11.6 Å². The second kappa shape index (κ2) is 11.7. The van der Waals surface area contributed by atoms with Crippen LogP contribution in [0.3, 0.4) is 0 Å². The monoisotopic (exact) mass is 489 g/mol. The number of carbonyl (C=O) groups excluding carboxylic acids is 2. The maximum atomic E-state index is 12.5. The number of nitrogens with one attached hydrogen (secondary N) is 2. The molecule has 8 heteroatoms. The highest BCUT2D eigenvalue weighted by molar-refractivity contribution is 6.34. The van der Waals surface area contributed by atoms with Crippen molar-refractivity contribution in [2.75, 3.05) is 24.4 Å². The van der Waals surface area contributed by atoms with E-state index < -0.39 is 5.91 Å². The Hall–Kier alpha value is -4.28. The molecule has 0 aromatic heterocycles. The minimum atomic E-state index is -0.594. The van der Waals surface area contributed by atoms with Crippen molar-refractivity contribution >= 4 is 40.9 Å². The number of ether oxygens (including phenoxy) is 2. The highest BCUT2D eigenvalue weighted by atomic mass is 35.5. The molecule has 0 aliphatic heterocycles. The van der Waals surface area contributed by atoms with Gasteiger partial charge in [0.1, 0.15) is 11.6 Å². The summed E-state index contributed by atoms with van der Waals surface area (Å²) < 4.78 is 11.0. The lowest BCUT2D eigenvalue weighted by molar-refractivity contribution is -0.118. The van der Waals surface area contributed by atoms with Gasteiger partial charge in [0.25, 0.3) is 11.8 Å². The number of carbonyl (C=O) groups is 2. The molecule has 3 rings (SSSR count). The quantitative estimate of drug-likeness (QED) is 0.320. The standard InChI is InChI=1S/C27H24ClN3O4/c1-17-8-10-22(18(2)12-17)30-26(32)16-35-24-11-9-19(14-25(24)34-3)13-20(15-29)27(33)31-23-7-5-4-6-21(23)28/h4-14H,16H2,1-3H3,(H,30,32)(H,31,33)/b20-13+. The van der Waals surface area contributed by atoms with Crippen molar-refractivity contribution < 1.29 is 19.1 Å². The predicted octanol–water partition coefficient (Wildman–Crippen LogP) is 5.53. The summed E-state index contributed by atoms with van der Waals surface area (Å²) in [4.78, 5) is 24.9. The molecule has 3 aromatic carbocycles. The number of aryl methyl sites for hydroxylation is 2. The number of nitriles is 1. The van der Waals surface area contributed by atoms with Crippen molar-refractivity contribution in [3.8, 4) is 17.6 Å². The van der Waals surface area contributed by atoms with E-state index in [-0.39, 0.29) is 18.1 Å². The average Bonchev–Trinajstić information content (AvgIpc) is 2.84. The van der Waals surface area contributed by atoms with E-state index in [0.29, 0.717) is 27.8 Å². The fourth-order valence-corrected chi connectivity index (χ4v) is 3.43.